The van der Waals surface area contributed by atoms with Crippen molar-refractivity contribution in [2.24, 2.45) is 5.41 Å². The molecule has 0 aliphatic heterocycles. The molecule has 2 aromatic rings. The molecule has 3 atom stereocenters. The lowest BCUT2D eigenvalue weighted by atomic mass is 9.89. The third kappa shape index (κ3) is 17.5. The molecule has 0 aliphatic carbocycles. The summed E-state index contributed by atoms with van der Waals surface area (Å²) in [4.78, 5) is 37.1. The van der Waals surface area contributed by atoms with E-state index in [0.29, 0.717) is 6.42 Å². The van der Waals surface area contributed by atoms with Gasteiger partial charge in [-0.1, -0.05) is 67.6 Å². The molecule has 2 aromatic carbocycles. The third-order valence-corrected chi connectivity index (χ3v) is 6.23. The highest BCUT2D eigenvalue weighted by Crippen LogP contribution is 2.18. The molecule has 5 N–H and O–H groups in total. The lowest BCUT2D eigenvalue weighted by Crippen LogP contribution is -2.42. The number of nitrogens with one attached hydrogen (secondary N) is 1. The molecule has 0 aliphatic rings. The number of aliphatic hydroxyl groups is 4. The predicted molar refractivity (Wildman–Crippen MR) is 161 cm³/mol. The lowest BCUT2D eigenvalue weighted by Gasteiger charge is -2.22. The minimum Gasteiger partial charge on any atom is -0.463 e. The Bertz CT molecular complexity index is 1060. The fourth-order valence-electron chi connectivity index (χ4n) is 3.36. The maximum absolute atomic E-state index is 12.7. The SMILES string of the molecule is CC(CO)(CO)CCO.CC(O)COC(C)COC(=O)CCC(NC(=O)OCc1ccccc1)C(=O)OCc1ccccc1. The first-order chi connectivity index (χ1) is 21.0. The minimum atomic E-state index is -1.10. The van der Waals surface area contributed by atoms with E-state index in [1.54, 1.807) is 32.9 Å². The minimum absolute atomic E-state index is 0.00121. The Hall–Kier alpha value is -3.55. The molecular formula is C32H47NO11. The highest BCUT2D eigenvalue weighted by molar-refractivity contribution is 5.82. The molecule has 1 amide bonds. The monoisotopic (exact) mass is 621 g/mol. The van der Waals surface area contributed by atoms with Gasteiger partial charge in [-0.3, -0.25) is 4.79 Å². The van der Waals surface area contributed by atoms with Crippen molar-refractivity contribution in [3.05, 3.63) is 71.8 Å². The second-order valence-electron chi connectivity index (χ2n) is 10.7. The number of aliphatic hydroxyl groups excluding tert-OH is 4. The van der Waals surface area contributed by atoms with E-state index >= 15 is 0 Å². The van der Waals surface area contributed by atoms with Crippen LogP contribution in [0.1, 0.15) is 51.2 Å². The van der Waals surface area contributed by atoms with Crippen LogP contribution in [0.15, 0.2) is 60.7 Å². The summed E-state index contributed by atoms with van der Waals surface area (Å²) in [5, 5.41) is 37.5. The highest BCUT2D eigenvalue weighted by Gasteiger charge is 2.25. The van der Waals surface area contributed by atoms with Crippen LogP contribution in [0.2, 0.25) is 0 Å². The van der Waals surface area contributed by atoms with Gasteiger partial charge in [0.05, 0.1) is 32.0 Å². The van der Waals surface area contributed by atoms with Crippen LogP contribution in [0.25, 0.3) is 0 Å². The first kappa shape index (κ1) is 38.5. The molecule has 0 bridgehead atoms. The number of rotatable bonds is 18. The Balaban J connectivity index is 0.000000930. The van der Waals surface area contributed by atoms with Crippen LogP contribution in [-0.4, -0.2) is 89.7 Å². The molecular weight excluding hydrogens is 574 g/mol. The van der Waals surface area contributed by atoms with Gasteiger partial charge in [-0.05, 0) is 37.8 Å². The third-order valence-electron chi connectivity index (χ3n) is 6.23. The van der Waals surface area contributed by atoms with Gasteiger partial charge < -0.3 is 44.7 Å². The van der Waals surface area contributed by atoms with E-state index in [4.69, 9.17) is 34.3 Å². The van der Waals surface area contributed by atoms with E-state index in [9.17, 15) is 19.5 Å². The molecule has 246 valence electrons. The Morgan fingerprint density at radius 3 is 1.84 bits per heavy atom. The Morgan fingerprint density at radius 2 is 1.36 bits per heavy atom. The van der Waals surface area contributed by atoms with Crippen molar-refractivity contribution >= 4 is 18.0 Å². The second kappa shape index (κ2) is 22.0. The van der Waals surface area contributed by atoms with Crippen LogP contribution in [-0.2, 0) is 41.8 Å². The molecule has 3 unspecified atom stereocenters. The fraction of sp³-hybridized carbons (Fsp3) is 0.531. The number of hydrogen-bond acceptors (Lipinski definition) is 11. The first-order valence-electron chi connectivity index (χ1n) is 14.5. The van der Waals surface area contributed by atoms with Crippen molar-refractivity contribution in [1.29, 1.82) is 0 Å². The molecule has 0 aromatic heterocycles. The van der Waals surface area contributed by atoms with Gasteiger partial charge in [0.25, 0.3) is 0 Å². The van der Waals surface area contributed by atoms with Crippen LogP contribution < -0.4 is 5.32 Å². The van der Waals surface area contributed by atoms with E-state index in [0.717, 1.165) is 11.1 Å². The summed E-state index contributed by atoms with van der Waals surface area (Å²) < 4.78 is 21.0. The molecule has 0 saturated carbocycles. The maximum Gasteiger partial charge on any atom is 0.408 e. The summed E-state index contributed by atoms with van der Waals surface area (Å²) in [6, 6.07) is 17.1. The van der Waals surface area contributed by atoms with Crippen LogP contribution in [0.4, 0.5) is 4.79 Å². The van der Waals surface area contributed by atoms with Gasteiger partial charge in [0, 0.05) is 18.4 Å². The molecule has 0 heterocycles. The zero-order chi connectivity index (χ0) is 32.8. The number of amides is 1. The molecule has 0 spiro atoms. The Labute approximate surface area is 258 Å². The first-order valence-corrected chi connectivity index (χ1v) is 14.5. The van der Waals surface area contributed by atoms with Crippen LogP contribution in [0.3, 0.4) is 0 Å². The Kier molecular flexibility index (Phi) is 19.3. The average molecular weight is 622 g/mol. The van der Waals surface area contributed by atoms with Crippen LogP contribution in [0, 0.1) is 5.41 Å². The number of ether oxygens (including phenoxy) is 4. The molecule has 44 heavy (non-hydrogen) atoms. The number of benzene rings is 2. The standard InChI is InChI=1S/C26H33NO8.C6H14O3/c1-19(28)15-32-20(2)16-33-24(29)14-13-23(25(30)34-17-21-9-5-3-6-10-21)27-26(31)35-18-22-11-7-4-8-12-22;1-6(4-8,5-9)2-3-7/h3-12,19-20,23,28H,13-18H2,1-2H3,(H,27,31);7-9H,2-5H2,1H3. The zero-order valence-corrected chi connectivity index (χ0v) is 25.7. The largest absolute Gasteiger partial charge is 0.463 e. The van der Waals surface area contributed by atoms with Crippen LogP contribution >= 0.6 is 0 Å². The molecule has 0 radical (unpaired) electrons. The van der Waals surface area contributed by atoms with Gasteiger partial charge >= 0.3 is 18.0 Å². The van der Waals surface area contributed by atoms with Gasteiger partial charge in [-0.2, -0.15) is 0 Å². The normalized spacial score (nSPS) is 13.0. The van der Waals surface area contributed by atoms with Crippen molar-refractivity contribution in [2.75, 3.05) is 33.0 Å². The van der Waals surface area contributed by atoms with Crippen molar-refractivity contribution < 1.29 is 53.8 Å². The van der Waals surface area contributed by atoms with E-state index in [2.05, 4.69) is 5.32 Å². The smallest absolute Gasteiger partial charge is 0.408 e. The van der Waals surface area contributed by atoms with Crippen molar-refractivity contribution in [3.63, 3.8) is 0 Å². The van der Waals surface area contributed by atoms with E-state index < -0.39 is 41.7 Å². The van der Waals surface area contributed by atoms with Crippen LogP contribution in [0.5, 0.6) is 0 Å². The number of carbonyl (C=O) groups is 3. The lowest BCUT2D eigenvalue weighted by molar-refractivity contribution is -0.150. The number of carbonyl (C=O) groups excluding carboxylic acids is 3. The van der Waals surface area contributed by atoms with Gasteiger partial charge in [0.15, 0.2) is 0 Å². The van der Waals surface area contributed by atoms with Gasteiger partial charge in [0.1, 0.15) is 25.9 Å². The highest BCUT2D eigenvalue weighted by atomic mass is 16.6. The van der Waals surface area contributed by atoms with Crippen molar-refractivity contribution in [2.45, 2.75) is 71.5 Å². The van der Waals surface area contributed by atoms with Gasteiger partial charge in [0.2, 0.25) is 0 Å². The maximum atomic E-state index is 12.7. The molecule has 12 heteroatoms. The second-order valence-corrected chi connectivity index (χ2v) is 10.7. The zero-order valence-electron chi connectivity index (χ0n) is 25.7. The van der Waals surface area contributed by atoms with E-state index in [-0.39, 0.29) is 59.1 Å². The quantitative estimate of drug-likeness (QED) is 0.122. The number of hydrogen-bond donors (Lipinski definition) is 5. The van der Waals surface area contributed by atoms with E-state index in [1.165, 1.54) is 0 Å². The summed E-state index contributed by atoms with van der Waals surface area (Å²) in [5.41, 5.74) is 1.08. The predicted octanol–water partition coefficient (Wildman–Crippen LogP) is 2.49. The average Bonchev–Trinajstić information content (AvgIpc) is 3.03. The van der Waals surface area contributed by atoms with Crippen molar-refractivity contribution in [1.82, 2.24) is 5.32 Å². The summed E-state index contributed by atoms with van der Waals surface area (Å²) >= 11 is 0. The van der Waals surface area contributed by atoms with Crippen molar-refractivity contribution in [3.8, 4) is 0 Å². The topological polar surface area (TPSA) is 181 Å². The summed E-state index contributed by atoms with van der Waals surface area (Å²) in [6.07, 6.45) is -1.54. The summed E-state index contributed by atoms with van der Waals surface area (Å²) in [5.74, 6) is -1.25. The van der Waals surface area contributed by atoms with E-state index in [1.807, 2.05) is 48.5 Å². The molecule has 0 saturated heterocycles. The Morgan fingerprint density at radius 1 is 0.818 bits per heavy atom. The molecule has 0 fully saturated rings. The molecule has 2 rings (SSSR count). The van der Waals surface area contributed by atoms with Gasteiger partial charge in [-0.25, -0.2) is 9.59 Å². The summed E-state index contributed by atoms with van der Waals surface area (Å²) in [7, 11) is 0. The van der Waals surface area contributed by atoms with Gasteiger partial charge in [-0.15, -0.1) is 0 Å². The summed E-state index contributed by atoms with van der Waals surface area (Å²) in [6.45, 7) is 5.07. The number of esters is 2. The fourth-order valence-corrected chi connectivity index (χ4v) is 3.36. The molecule has 12 nitrogen and oxygen atoms in total. The number of alkyl carbamates (subject to hydrolysis) is 1.